The van der Waals surface area contributed by atoms with Crippen molar-refractivity contribution < 1.29 is 9.53 Å². The largest absolute Gasteiger partial charge is 0.381 e. The van der Waals surface area contributed by atoms with E-state index in [4.69, 9.17) is 21.3 Å². The highest BCUT2D eigenvalue weighted by Gasteiger charge is 2.22. The van der Waals surface area contributed by atoms with Gasteiger partial charge in [-0.25, -0.2) is 9.97 Å². The van der Waals surface area contributed by atoms with Crippen molar-refractivity contribution in [2.45, 2.75) is 57.9 Å². The van der Waals surface area contributed by atoms with Crippen LogP contribution in [0.1, 0.15) is 51.9 Å². The lowest BCUT2D eigenvalue weighted by molar-refractivity contribution is -0.120. The van der Waals surface area contributed by atoms with E-state index < -0.39 is 0 Å². The number of aromatic nitrogens is 2. The van der Waals surface area contributed by atoms with Crippen LogP contribution in [0.5, 0.6) is 0 Å². The highest BCUT2D eigenvalue weighted by molar-refractivity contribution is 6.33. The minimum Gasteiger partial charge on any atom is -0.381 e. The van der Waals surface area contributed by atoms with Gasteiger partial charge in [-0.05, 0) is 56.7 Å². The maximum absolute atomic E-state index is 12.6. The van der Waals surface area contributed by atoms with Crippen LogP contribution in [0.25, 0.3) is 11.3 Å². The molecule has 31 heavy (non-hydrogen) atoms. The van der Waals surface area contributed by atoms with Crippen molar-refractivity contribution in [2.24, 2.45) is 11.8 Å². The van der Waals surface area contributed by atoms with Crippen molar-refractivity contribution in [3.05, 3.63) is 35.5 Å². The summed E-state index contributed by atoms with van der Waals surface area (Å²) in [6.45, 7) is 3.85. The van der Waals surface area contributed by atoms with Crippen LogP contribution < -0.4 is 10.6 Å². The molecule has 2 N–H and O–H groups in total. The van der Waals surface area contributed by atoms with Crippen LogP contribution in [0.3, 0.4) is 0 Å². The van der Waals surface area contributed by atoms with Crippen LogP contribution in [0.2, 0.25) is 5.02 Å². The number of rotatable bonds is 6. The predicted octanol–water partition coefficient (Wildman–Crippen LogP) is 5.54. The molecule has 2 aliphatic rings. The van der Waals surface area contributed by atoms with Crippen LogP contribution in [0, 0.1) is 11.8 Å². The zero-order chi connectivity index (χ0) is 21.6. The summed E-state index contributed by atoms with van der Waals surface area (Å²) in [6.07, 6.45) is 9.07. The number of carbonyl (C=O) groups is 1. The van der Waals surface area contributed by atoms with Gasteiger partial charge in [-0.1, -0.05) is 36.9 Å². The summed E-state index contributed by atoms with van der Waals surface area (Å²) in [6, 6.07) is 8.00. The normalized spacial score (nSPS) is 19.0. The molecular formula is C24H31ClN4O2. The van der Waals surface area contributed by atoms with E-state index in [0.29, 0.717) is 22.8 Å². The average molecular weight is 443 g/mol. The van der Waals surface area contributed by atoms with Crippen molar-refractivity contribution in [1.82, 2.24) is 9.97 Å². The highest BCUT2D eigenvalue weighted by atomic mass is 35.5. The van der Waals surface area contributed by atoms with E-state index in [1.165, 1.54) is 6.42 Å². The second-order valence-electron chi connectivity index (χ2n) is 8.66. The Morgan fingerprint density at radius 3 is 2.68 bits per heavy atom. The first-order chi connectivity index (χ1) is 15.1. The molecule has 2 fully saturated rings. The van der Waals surface area contributed by atoms with Crippen molar-refractivity contribution in [3.8, 4) is 11.3 Å². The number of nitrogens with one attached hydrogen (secondary N) is 2. The monoisotopic (exact) mass is 442 g/mol. The summed E-state index contributed by atoms with van der Waals surface area (Å²) < 4.78 is 5.47. The Morgan fingerprint density at radius 1 is 1.13 bits per heavy atom. The first-order valence-electron chi connectivity index (χ1n) is 11.4. The molecule has 1 aliphatic heterocycles. The predicted molar refractivity (Wildman–Crippen MR) is 124 cm³/mol. The van der Waals surface area contributed by atoms with Gasteiger partial charge in [0.15, 0.2) is 0 Å². The molecule has 6 nitrogen and oxygen atoms in total. The van der Waals surface area contributed by atoms with Crippen LogP contribution >= 0.6 is 11.6 Å². The molecule has 1 atom stereocenters. The van der Waals surface area contributed by atoms with Gasteiger partial charge < -0.3 is 15.4 Å². The second kappa shape index (κ2) is 10.4. The lowest BCUT2D eigenvalue weighted by Gasteiger charge is -2.28. The van der Waals surface area contributed by atoms with Crippen molar-refractivity contribution >= 4 is 29.1 Å². The molecule has 1 saturated carbocycles. The molecule has 166 valence electrons. The number of amides is 1. The van der Waals surface area contributed by atoms with Crippen molar-refractivity contribution in [2.75, 3.05) is 23.8 Å². The molecule has 2 aromatic rings. The molecule has 0 bridgehead atoms. The van der Waals surface area contributed by atoms with Crippen LogP contribution in [-0.4, -0.2) is 35.1 Å². The lowest BCUT2D eigenvalue weighted by atomic mass is 9.89. The average Bonchev–Trinajstić information content (AvgIpc) is 2.81. The zero-order valence-corrected chi connectivity index (χ0v) is 18.8. The Morgan fingerprint density at radius 2 is 1.90 bits per heavy atom. The minimum atomic E-state index is 0.0501. The fourth-order valence-electron chi connectivity index (χ4n) is 4.53. The molecule has 2 aromatic heterocycles. The number of nitrogens with zero attached hydrogens (tertiary/aromatic N) is 2. The smallest absolute Gasteiger partial charge is 0.228 e. The molecule has 1 amide bonds. The standard InChI is InChI=1S/C24H31ClN4O2/c1-16(17-10-12-31-13-11-17)27-22-9-5-8-21(28-22)19-14-23(26-15-20(19)25)29-24(30)18-6-3-2-4-7-18/h5,8-9,14-18H,2-4,6-7,10-13H2,1H3,(H,27,28)(H,26,29,30)/t16-/m1/s1. The van der Waals surface area contributed by atoms with Crippen molar-refractivity contribution in [3.63, 3.8) is 0 Å². The SMILES string of the molecule is C[C@@H](Nc1cccc(-c2cc(NC(=O)C3CCCCC3)ncc2Cl)n1)C1CCOCC1. The second-order valence-corrected chi connectivity index (χ2v) is 9.07. The summed E-state index contributed by atoms with van der Waals surface area (Å²) in [7, 11) is 0. The number of pyridine rings is 2. The minimum absolute atomic E-state index is 0.0501. The third-order valence-corrected chi connectivity index (χ3v) is 6.76. The Hall–Kier alpha value is -2.18. The topological polar surface area (TPSA) is 76.1 Å². The van der Waals surface area contributed by atoms with Crippen LogP contribution in [0.4, 0.5) is 11.6 Å². The Bertz CT molecular complexity index is 895. The van der Waals surface area contributed by atoms with Gasteiger partial charge in [0.1, 0.15) is 11.6 Å². The Kier molecular flexibility index (Phi) is 7.41. The lowest BCUT2D eigenvalue weighted by Crippen LogP contribution is -2.31. The molecule has 0 spiro atoms. The molecule has 0 radical (unpaired) electrons. The van der Waals surface area contributed by atoms with Gasteiger partial charge in [0, 0.05) is 36.9 Å². The molecular weight excluding hydrogens is 412 g/mol. The number of carbonyl (C=O) groups excluding carboxylic acids is 1. The zero-order valence-electron chi connectivity index (χ0n) is 18.1. The first-order valence-corrected chi connectivity index (χ1v) is 11.8. The van der Waals surface area contributed by atoms with Gasteiger partial charge in [0.25, 0.3) is 0 Å². The summed E-state index contributed by atoms with van der Waals surface area (Å²) in [5.74, 6) is 2.04. The number of halogens is 1. The van der Waals surface area contributed by atoms with E-state index in [2.05, 4.69) is 22.5 Å². The Balaban J connectivity index is 1.47. The first kappa shape index (κ1) is 22.0. The molecule has 0 aromatic carbocycles. The molecule has 3 heterocycles. The van der Waals surface area contributed by atoms with Gasteiger partial charge >= 0.3 is 0 Å². The molecule has 7 heteroatoms. The molecule has 1 aliphatic carbocycles. The number of hydrogen-bond donors (Lipinski definition) is 2. The molecule has 1 saturated heterocycles. The van der Waals surface area contributed by atoms with Crippen LogP contribution in [-0.2, 0) is 9.53 Å². The maximum atomic E-state index is 12.6. The van der Waals surface area contributed by atoms with Crippen LogP contribution in [0.15, 0.2) is 30.5 Å². The molecule has 0 unspecified atom stereocenters. The summed E-state index contributed by atoms with van der Waals surface area (Å²) in [5, 5.41) is 7.02. The summed E-state index contributed by atoms with van der Waals surface area (Å²) in [4.78, 5) is 21.7. The van der Waals surface area contributed by atoms with E-state index >= 15 is 0 Å². The highest BCUT2D eigenvalue weighted by Crippen LogP contribution is 2.30. The van der Waals surface area contributed by atoms with E-state index in [9.17, 15) is 4.79 Å². The van der Waals surface area contributed by atoms with Gasteiger partial charge in [-0.15, -0.1) is 0 Å². The molecule has 4 rings (SSSR count). The summed E-state index contributed by atoms with van der Waals surface area (Å²) >= 11 is 6.45. The fourth-order valence-corrected chi connectivity index (χ4v) is 4.73. The van der Waals surface area contributed by atoms with Gasteiger partial charge in [0.05, 0.1) is 10.7 Å². The van der Waals surface area contributed by atoms with Gasteiger partial charge in [0.2, 0.25) is 5.91 Å². The fraction of sp³-hybridized carbons (Fsp3) is 0.542. The number of hydrogen-bond acceptors (Lipinski definition) is 5. The van der Waals surface area contributed by atoms with E-state index in [1.807, 2.05) is 24.3 Å². The number of anilines is 2. The third kappa shape index (κ3) is 5.74. The quantitative estimate of drug-likeness (QED) is 0.613. The van der Waals surface area contributed by atoms with E-state index in [0.717, 1.165) is 68.8 Å². The third-order valence-electron chi connectivity index (χ3n) is 6.46. The van der Waals surface area contributed by atoms with Gasteiger partial charge in [-0.2, -0.15) is 0 Å². The number of ether oxygens (including phenoxy) is 1. The van der Waals surface area contributed by atoms with Crippen molar-refractivity contribution in [1.29, 1.82) is 0 Å². The summed E-state index contributed by atoms with van der Waals surface area (Å²) in [5.41, 5.74) is 1.52. The maximum Gasteiger partial charge on any atom is 0.228 e. The van der Waals surface area contributed by atoms with E-state index in [-0.39, 0.29) is 11.8 Å². The Labute approximate surface area is 189 Å². The van der Waals surface area contributed by atoms with E-state index in [1.54, 1.807) is 6.20 Å². The van der Waals surface area contributed by atoms with Gasteiger partial charge in [-0.3, -0.25) is 4.79 Å².